The molecule has 26 heavy (non-hydrogen) atoms. The quantitative estimate of drug-likeness (QED) is 0.321. The van der Waals surface area contributed by atoms with E-state index in [1.54, 1.807) is 7.05 Å². The lowest BCUT2D eigenvalue weighted by atomic mass is 9.97. The van der Waals surface area contributed by atoms with Crippen LogP contribution in [0.3, 0.4) is 0 Å². The second-order valence-corrected chi connectivity index (χ2v) is 7.41. The minimum absolute atomic E-state index is 0. The van der Waals surface area contributed by atoms with Gasteiger partial charge in [-0.05, 0) is 39.4 Å². The molecule has 7 nitrogen and oxygen atoms in total. The van der Waals surface area contributed by atoms with Crippen LogP contribution in [0, 0.1) is 0 Å². The number of rotatable bonds is 9. The monoisotopic (exact) mass is 480 g/mol. The number of guanidine groups is 1. The van der Waals surface area contributed by atoms with Crippen molar-refractivity contribution in [2.75, 3.05) is 26.7 Å². The van der Waals surface area contributed by atoms with Crippen molar-refractivity contribution in [1.82, 2.24) is 25.7 Å². The minimum Gasteiger partial charge on any atom is -0.354 e. The molecule has 0 radical (unpaired) electrons. The van der Waals surface area contributed by atoms with Gasteiger partial charge in [-0.1, -0.05) is 39.8 Å². The van der Waals surface area contributed by atoms with Crippen LogP contribution in [0.15, 0.2) is 9.52 Å². The Hall–Kier alpha value is -0.900. The zero-order chi connectivity index (χ0) is 18.9. The van der Waals surface area contributed by atoms with Gasteiger partial charge >= 0.3 is 0 Å². The molecule has 0 aliphatic carbocycles. The molecule has 1 aromatic rings. The fourth-order valence-corrected chi connectivity index (χ4v) is 2.45. The maximum atomic E-state index is 5.31. The summed E-state index contributed by atoms with van der Waals surface area (Å²) in [7, 11) is 1.77. The van der Waals surface area contributed by atoms with Gasteiger partial charge in [0.25, 0.3) is 0 Å². The van der Waals surface area contributed by atoms with Crippen molar-refractivity contribution in [3.63, 3.8) is 0 Å². The van der Waals surface area contributed by atoms with Crippen LogP contribution < -0.4 is 10.6 Å². The van der Waals surface area contributed by atoms with Gasteiger partial charge in [-0.3, -0.25) is 4.99 Å². The van der Waals surface area contributed by atoms with Gasteiger partial charge in [0, 0.05) is 18.5 Å². The number of nitrogens with one attached hydrogen (secondary N) is 2. The molecule has 0 saturated heterocycles. The van der Waals surface area contributed by atoms with E-state index in [0.29, 0.717) is 24.3 Å². The highest BCUT2D eigenvalue weighted by molar-refractivity contribution is 14.0. The average molecular weight is 480 g/mol. The lowest BCUT2D eigenvalue weighted by Crippen LogP contribution is -2.42. The molecule has 1 rings (SSSR count). The summed E-state index contributed by atoms with van der Waals surface area (Å²) in [5.74, 6) is 2.05. The number of hydrogen-bond acceptors (Lipinski definition) is 5. The van der Waals surface area contributed by atoms with E-state index in [0.717, 1.165) is 32.0 Å². The summed E-state index contributed by atoms with van der Waals surface area (Å²) in [6.45, 7) is 16.6. The summed E-state index contributed by atoms with van der Waals surface area (Å²) in [5, 5.41) is 10.7. The summed E-state index contributed by atoms with van der Waals surface area (Å²) in [4.78, 5) is 11.1. The lowest BCUT2D eigenvalue weighted by molar-refractivity contribution is 0.292. The standard InChI is InChI=1S/C18H36N6O.HI/c1-8-24(9-2)12-10-11-14(3)21-17(19-7)20-13-15-22-16(25-23-15)18(4,5)6;/h14H,8-13H2,1-7H3,(H2,19,20,21);1H. The van der Waals surface area contributed by atoms with Crippen molar-refractivity contribution in [3.8, 4) is 0 Å². The third-order valence-electron chi connectivity index (χ3n) is 4.14. The van der Waals surface area contributed by atoms with E-state index >= 15 is 0 Å². The van der Waals surface area contributed by atoms with E-state index in [-0.39, 0.29) is 29.4 Å². The molecule has 2 N–H and O–H groups in total. The molecule has 152 valence electrons. The molecule has 0 aromatic carbocycles. The van der Waals surface area contributed by atoms with Gasteiger partial charge in [0.1, 0.15) is 0 Å². The molecule has 0 fully saturated rings. The van der Waals surface area contributed by atoms with Gasteiger partial charge in [0.15, 0.2) is 11.8 Å². The molecule has 8 heteroatoms. The molecule has 0 aliphatic heterocycles. The predicted molar refractivity (Wildman–Crippen MR) is 118 cm³/mol. The zero-order valence-electron chi connectivity index (χ0n) is 17.4. The Kier molecular flexibility index (Phi) is 12.0. The molecule has 1 unspecified atom stereocenters. The summed E-state index contributed by atoms with van der Waals surface area (Å²) >= 11 is 0. The first kappa shape index (κ1) is 25.1. The fourth-order valence-electron chi connectivity index (χ4n) is 2.45. The van der Waals surface area contributed by atoms with E-state index in [2.05, 4.69) is 72.2 Å². The Morgan fingerprint density at radius 3 is 2.42 bits per heavy atom. The Balaban J connectivity index is 0.00000625. The number of nitrogens with zero attached hydrogens (tertiary/aromatic N) is 4. The maximum absolute atomic E-state index is 5.31. The highest BCUT2D eigenvalue weighted by atomic mass is 127. The van der Waals surface area contributed by atoms with E-state index in [4.69, 9.17) is 4.52 Å². The molecular weight excluding hydrogens is 443 g/mol. The minimum atomic E-state index is -0.134. The smallest absolute Gasteiger partial charge is 0.232 e. The van der Waals surface area contributed by atoms with Gasteiger partial charge in [-0.15, -0.1) is 24.0 Å². The molecule has 0 saturated carbocycles. The SMILES string of the molecule is CCN(CC)CCCC(C)NC(=NC)NCc1noc(C(C)(C)C)n1.I. The number of aromatic nitrogens is 2. The van der Waals surface area contributed by atoms with Gasteiger partial charge in [-0.2, -0.15) is 4.98 Å². The van der Waals surface area contributed by atoms with E-state index in [9.17, 15) is 0 Å². The first-order valence-electron chi connectivity index (χ1n) is 9.32. The van der Waals surface area contributed by atoms with Crippen LogP contribution in [-0.2, 0) is 12.0 Å². The third-order valence-corrected chi connectivity index (χ3v) is 4.14. The molecule has 1 atom stereocenters. The zero-order valence-corrected chi connectivity index (χ0v) is 19.8. The Bertz CT molecular complexity index is 522. The number of hydrogen-bond donors (Lipinski definition) is 2. The summed E-state index contributed by atoms with van der Waals surface area (Å²) in [6.07, 6.45) is 2.28. The van der Waals surface area contributed by atoms with Crippen LogP contribution in [0.25, 0.3) is 0 Å². The Labute approximate surface area is 175 Å². The van der Waals surface area contributed by atoms with Gasteiger partial charge < -0.3 is 20.1 Å². The van der Waals surface area contributed by atoms with E-state index < -0.39 is 0 Å². The van der Waals surface area contributed by atoms with Crippen LogP contribution in [0.4, 0.5) is 0 Å². The highest BCUT2D eigenvalue weighted by Gasteiger charge is 2.21. The van der Waals surface area contributed by atoms with E-state index in [1.807, 2.05) is 0 Å². The summed E-state index contributed by atoms with van der Waals surface area (Å²) < 4.78 is 5.31. The van der Waals surface area contributed by atoms with Gasteiger partial charge in [0.05, 0.1) is 6.54 Å². The van der Waals surface area contributed by atoms with Crippen LogP contribution in [-0.4, -0.2) is 53.7 Å². The highest BCUT2D eigenvalue weighted by Crippen LogP contribution is 2.19. The van der Waals surface area contributed by atoms with Crippen molar-refractivity contribution in [1.29, 1.82) is 0 Å². The Morgan fingerprint density at radius 1 is 1.27 bits per heavy atom. The maximum Gasteiger partial charge on any atom is 0.232 e. The molecule has 0 bridgehead atoms. The van der Waals surface area contributed by atoms with Crippen molar-refractivity contribution in [3.05, 3.63) is 11.7 Å². The number of aliphatic imine (C=N–C) groups is 1. The lowest BCUT2D eigenvalue weighted by Gasteiger charge is -2.21. The average Bonchev–Trinajstić information content (AvgIpc) is 3.04. The second kappa shape index (κ2) is 12.5. The van der Waals surface area contributed by atoms with E-state index in [1.165, 1.54) is 6.42 Å². The molecule has 0 aliphatic rings. The summed E-state index contributed by atoms with van der Waals surface area (Å²) in [5.41, 5.74) is -0.134. The van der Waals surface area contributed by atoms with Crippen LogP contribution in [0.1, 0.15) is 66.1 Å². The van der Waals surface area contributed by atoms with Crippen LogP contribution in [0.5, 0.6) is 0 Å². The molecule has 0 spiro atoms. The first-order chi connectivity index (χ1) is 11.8. The van der Waals surface area contributed by atoms with Crippen LogP contribution in [0.2, 0.25) is 0 Å². The van der Waals surface area contributed by atoms with Crippen molar-refractivity contribution >= 4 is 29.9 Å². The second-order valence-electron chi connectivity index (χ2n) is 7.41. The van der Waals surface area contributed by atoms with Crippen molar-refractivity contribution in [2.45, 2.75) is 72.4 Å². The van der Waals surface area contributed by atoms with Gasteiger partial charge in [0.2, 0.25) is 5.89 Å². The largest absolute Gasteiger partial charge is 0.354 e. The molecular formula is C18H37IN6O. The predicted octanol–water partition coefficient (Wildman–Crippen LogP) is 3.16. The van der Waals surface area contributed by atoms with Crippen LogP contribution >= 0.6 is 24.0 Å². The molecule has 0 amide bonds. The van der Waals surface area contributed by atoms with Crippen molar-refractivity contribution < 1.29 is 4.52 Å². The molecule has 1 heterocycles. The topological polar surface area (TPSA) is 78.6 Å². The third kappa shape index (κ3) is 9.16. The Morgan fingerprint density at radius 2 is 1.92 bits per heavy atom. The fraction of sp³-hybridized carbons (Fsp3) is 0.833. The van der Waals surface area contributed by atoms with Gasteiger partial charge in [-0.25, -0.2) is 0 Å². The first-order valence-corrected chi connectivity index (χ1v) is 9.32. The van der Waals surface area contributed by atoms with Crippen molar-refractivity contribution in [2.24, 2.45) is 4.99 Å². The summed E-state index contributed by atoms with van der Waals surface area (Å²) in [6, 6.07) is 0.358. The number of halogens is 1. The normalized spacial score (nSPS) is 13.5. The molecule has 1 aromatic heterocycles.